The number of fused-ring (bicyclic) bond motifs is 3. The number of methoxy groups -OCH3 is 2. The number of aryl methyl sites for hydroxylation is 1. The van der Waals surface area contributed by atoms with Crippen LogP contribution >= 0.6 is 0 Å². The Balaban J connectivity index is 0.00000353. The smallest absolute Gasteiger partial charge is 0.748 e. The van der Waals surface area contributed by atoms with Crippen molar-refractivity contribution in [3.63, 3.8) is 0 Å². The van der Waals surface area contributed by atoms with Gasteiger partial charge in [0.2, 0.25) is 0 Å². The van der Waals surface area contributed by atoms with Crippen LogP contribution in [-0.4, -0.2) is 37.0 Å². The van der Waals surface area contributed by atoms with Crippen molar-refractivity contribution in [1.82, 2.24) is 4.57 Å². The van der Waals surface area contributed by atoms with Crippen molar-refractivity contribution in [2.75, 3.05) is 19.1 Å². The van der Waals surface area contributed by atoms with Crippen molar-refractivity contribution in [1.29, 1.82) is 0 Å². The number of rotatable bonds is 9. The van der Waals surface area contributed by atoms with Gasteiger partial charge in [0.15, 0.2) is 0 Å². The summed E-state index contributed by atoms with van der Waals surface area (Å²) in [6, 6.07) is 30.0. The molecule has 1 aromatic heterocycles. The van der Waals surface area contributed by atoms with Gasteiger partial charge in [-0.1, -0.05) is 24.3 Å². The number of hydrogen-bond acceptors (Lipinski definition) is 6. The van der Waals surface area contributed by atoms with Gasteiger partial charge >= 0.3 is 29.6 Å². The van der Waals surface area contributed by atoms with Crippen LogP contribution in [0.2, 0.25) is 0 Å². The molecule has 7 nitrogen and oxygen atoms in total. The van der Waals surface area contributed by atoms with Gasteiger partial charge in [0.1, 0.15) is 11.5 Å². The first-order valence-corrected chi connectivity index (χ1v) is 13.8. The maximum absolute atomic E-state index is 11.6. The maximum Gasteiger partial charge on any atom is 1.00 e. The molecule has 5 rings (SSSR count). The number of hydrogen-bond donors (Lipinski definition) is 0. The van der Waals surface area contributed by atoms with E-state index in [0.29, 0.717) is 6.54 Å². The van der Waals surface area contributed by atoms with E-state index in [2.05, 4.69) is 33.7 Å². The summed E-state index contributed by atoms with van der Waals surface area (Å²) in [6.07, 6.45) is 0.227. The van der Waals surface area contributed by atoms with Crippen LogP contribution in [-0.2, 0) is 16.7 Å². The van der Waals surface area contributed by atoms with Crippen molar-refractivity contribution >= 4 is 49.0 Å². The van der Waals surface area contributed by atoms with E-state index in [0.717, 1.165) is 50.4 Å². The number of ether oxygens (including phenoxy) is 2. The molecule has 0 saturated heterocycles. The molecule has 0 aliphatic carbocycles. The normalized spacial score (nSPS) is 12.2. The Labute approximate surface area is 251 Å². The second-order valence-corrected chi connectivity index (χ2v) is 11.0. The molecule has 196 valence electrons. The van der Waals surface area contributed by atoms with Crippen LogP contribution in [0.25, 0.3) is 21.8 Å². The van der Waals surface area contributed by atoms with Crippen LogP contribution in [0, 0.1) is 0 Å². The van der Waals surface area contributed by atoms with E-state index >= 15 is 0 Å². The molecular formula is C30H29N2NaO5S. The number of para-hydroxylation sites is 1. The van der Waals surface area contributed by atoms with Gasteiger partial charge < -0.3 is 23.5 Å². The second-order valence-electron chi connectivity index (χ2n) is 9.19. The number of benzene rings is 4. The average Bonchev–Trinajstić information content (AvgIpc) is 3.25. The number of aromatic nitrogens is 1. The Morgan fingerprint density at radius 3 is 1.82 bits per heavy atom. The van der Waals surface area contributed by atoms with Gasteiger partial charge in [-0.15, -0.1) is 0 Å². The summed E-state index contributed by atoms with van der Waals surface area (Å²) < 4.78 is 47.6. The van der Waals surface area contributed by atoms with E-state index in [4.69, 9.17) is 9.47 Å². The molecule has 9 heteroatoms. The molecule has 0 spiro atoms. The van der Waals surface area contributed by atoms with Crippen molar-refractivity contribution in [3.05, 3.63) is 91.0 Å². The Morgan fingerprint density at radius 1 is 0.769 bits per heavy atom. The van der Waals surface area contributed by atoms with E-state index in [-0.39, 0.29) is 36.0 Å². The van der Waals surface area contributed by atoms with Crippen LogP contribution in [0.5, 0.6) is 11.5 Å². The van der Waals surface area contributed by atoms with Crippen molar-refractivity contribution in [2.24, 2.45) is 0 Å². The zero-order valence-corrected chi connectivity index (χ0v) is 25.3. The van der Waals surface area contributed by atoms with E-state index in [1.165, 1.54) is 6.92 Å². The summed E-state index contributed by atoms with van der Waals surface area (Å²) in [5.74, 6) is 1.53. The number of nitrogens with zero attached hydrogens (tertiary/aromatic N) is 2. The molecule has 1 unspecified atom stereocenters. The third-order valence-electron chi connectivity index (χ3n) is 6.93. The number of anilines is 3. The predicted octanol–water partition coefficient (Wildman–Crippen LogP) is 3.61. The summed E-state index contributed by atoms with van der Waals surface area (Å²) in [5.41, 5.74) is 4.79. The first-order chi connectivity index (χ1) is 18.3. The minimum absolute atomic E-state index is 0. The first-order valence-electron chi connectivity index (χ1n) is 12.3. The predicted molar refractivity (Wildman–Crippen MR) is 151 cm³/mol. The zero-order valence-electron chi connectivity index (χ0n) is 22.5. The van der Waals surface area contributed by atoms with Crippen molar-refractivity contribution in [2.45, 2.75) is 25.1 Å². The van der Waals surface area contributed by atoms with Gasteiger partial charge in [-0.25, -0.2) is 8.42 Å². The molecule has 1 atom stereocenters. The molecule has 0 N–H and O–H groups in total. The summed E-state index contributed by atoms with van der Waals surface area (Å²) in [4.78, 5) is 2.14. The molecule has 4 aromatic carbocycles. The SMILES string of the molecule is COc1ccc(N(c2ccc(OC)cc2)c2ccc3c4ccccc4n(CCC(C)S(=O)(=O)[O-])c3c2)cc1.[Na+]. The minimum atomic E-state index is -4.36. The van der Waals surface area contributed by atoms with E-state index in [1.807, 2.05) is 66.7 Å². The second kappa shape index (κ2) is 12.0. The Morgan fingerprint density at radius 2 is 1.28 bits per heavy atom. The van der Waals surface area contributed by atoms with Crippen LogP contribution in [0.4, 0.5) is 17.1 Å². The summed E-state index contributed by atoms with van der Waals surface area (Å²) >= 11 is 0. The van der Waals surface area contributed by atoms with Crippen molar-refractivity contribution < 1.29 is 52.0 Å². The molecule has 0 fully saturated rings. The van der Waals surface area contributed by atoms with Gasteiger partial charge in [-0.3, -0.25) is 0 Å². The van der Waals surface area contributed by atoms with Crippen LogP contribution in [0.1, 0.15) is 13.3 Å². The Kier molecular flexibility index (Phi) is 8.93. The molecule has 0 saturated carbocycles. The molecule has 0 radical (unpaired) electrons. The molecule has 0 bridgehead atoms. The fourth-order valence-corrected chi connectivity index (χ4v) is 5.18. The maximum atomic E-state index is 11.6. The minimum Gasteiger partial charge on any atom is -0.748 e. The molecule has 39 heavy (non-hydrogen) atoms. The van der Waals surface area contributed by atoms with E-state index < -0.39 is 15.4 Å². The van der Waals surface area contributed by atoms with Gasteiger partial charge in [0, 0.05) is 45.1 Å². The Hall–Kier alpha value is -3.01. The van der Waals surface area contributed by atoms with Crippen LogP contribution < -0.4 is 43.9 Å². The topological polar surface area (TPSA) is 83.8 Å². The molecule has 5 aromatic rings. The van der Waals surface area contributed by atoms with Gasteiger partial charge in [0.05, 0.1) is 29.9 Å². The van der Waals surface area contributed by atoms with Gasteiger partial charge in [-0.05, 0) is 80.1 Å². The molecule has 0 amide bonds. The zero-order chi connectivity index (χ0) is 26.9. The first kappa shape index (κ1) is 29.0. The molecule has 1 heterocycles. The molecule has 0 aliphatic rings. The fraction of sp³-hybridized carbons (Fsp3) is 0.200. The third kappa shape index (κ3) is 5.95. The molecule has 0 aliphatic heterocycles. The summed E-state index contributed by atoms with van der Waals surface area (Å²) in [7, 11) is -1.08. The molecular weight excluding hydrogens is 523 g/mol. The summed E-state index contributed by atoms with van der Waals surface area (Å²) in [5, 5.41) is 1.16. The van der Waals surface area contributed by atoms with Crippen molar-refractivity contribution in [3.8, 4) is 11.5 Å². The van der Waals surface area contributed by atoms with Gasteiger partial charge in [0.25, 0.3) is 0 Å². The van der Waals surface area contributed by atoms with E-state index in [1.54, 1.807) is 14.2 Å². The monoisotopic (exact) mass is 552 g/mol. The third-order valence-corrected chi connectivity index (χ3v) is 8.15. The Bertz CT molecular complexity index is 1640. The largest absolute Gasteiger partial charge is 1.00 e. The fourth-order valence-electron chi connectivity index (χ4n) is 4.78. The average molecular weight is 553 g/mol. The van der Waals surface area contributed by atoms with E-state index in [9.17, 15) is 13.0 Å². The summed E-state index contributed by atoms with van der Waals surface area (Å²) in [6.45, 7) is 1.87. The quantitative estimate of drug-likeness (QED) is 0.205. The van der Waals surface area contributed by atoms with Gasteiger partial charge in [-0.2, -0.15) is 0 Å². The van der Waals surface area contributed by atoms with Crippen LogP contribution in [0.15, 0.2) is 91.0 Å². The standard InChI is InChI=1S/C30H30N2O5S.Na/c1-21(38(33,34)35)18-19-31-29-7-5-4-6-27(29)28-17-12-24(20-30(28)31)32(22-8-13-25(36-2)14-9-22)23-10-15-26(37-3)16-11-23;/h4-17,20-21H,18-19H2,1-3H3,(H,33,34,35);/q;+1/p-1. The van der Waals surface area contributed by atoms with Crippen LogP contribution in [0.3, 0.4) is 0 Å².